The molecule has 0 aliphatic carbocycles. The van der Waals surface area contributed by atoms with E-state index < -0.39 is 29.3 Å². The third kappa shape index (κ3) is 11.0. The Hall–Kier alpha value is -0.0200. The number of hydrogen-bond acceptors (Lipinski definition) is 5. The maximum Gasteiger partial charge on any atom is 0.327 e. The number of rotatable bonds is 10. The van der Waals surface area contributed by atoms with Crippen LogP contribution in [0.5, 0.6) is 0 Å². The summed E-state index contributed by atoms with van der Waals surface area (Å²) in [7, 11) is -7.60. The second-order valence-corrected chi connectivity index (χ2v) is 12.4. The molecule has 0 aliphatic heterocycles. The first-order valence-corrected chi connectivity index (χ1v) is 12.2. The molecule has 0 aromatic carbocycles. The van der Waals surface area contributed by atoms with E-state index in [2.05, 4.69) is 0 Å². The molecule has 0 amide bonds. The van der Waals surface area contributed by atoms with Crippen LogP contribution in [0.2, 0.25) is 0 Å². The van der Waals surface area contributed by atoms with Gasteiger partial charge in [-0.05, 0) is 33.1 Å². The van der Waals surface area contributed by atoms with E-state index in [4.69, 9.17) is 19.3 Å². The van der Waals surface area contributed by atoms with Crippen LogP contribution in [0.15, 0.2) is 0 Å². The lowest BCUT2D eigenvalue weighted by atomic mass is 9.90. The third-order valence-electron chi connectivity index (χ3n) is 3.96. The Balaban J connectivity index is 5.21. The van der Waals surface area contributed by atoms with Crippen LogP contribution in [0.25, 0.3) is 0 Å². The van der Waals surface area contributed by atoms with Crippen molar-refractivity contribution in [2.45, 2.75) is 66.2 Å². The summed E-state index contributed by atoms with van der Waals surface area (Å²) in [5.74, 6) is 0. The van der Waals surface area contributed by atoms with E-state index >= 15 is 0 Å². The highest BCUT2D eigenvalue weighted by atomic mass is 32.2. The van der Waals surface area contributed by atoms with Crippen molar-refractivity contribution in [2.24, 2.45) is 5.41 Å². The quantitative estimate of drug-likeness (QED) is 0.413. The van der Waals surface area contributed by atoms with Crippen LogP contribution in [-0.4, -0.2) is 72.4 Å². The van der Waals surface area contributed by atoms with Crippen molar-refractivity contribution in [1.82, 2.24) is 4.31 Å². The molecule has 0 bridgehead atoms. The molecule has 0 saturated heterocycles. The zero-order chi connectivity index (χ0) is 21.0. The molecule has 2 N–H and O–H groups in total. The van der Waals surface area contributed by atoms with Gasteiger partial charge in [-0.15, -0.1) is 0 Å². The van der Waals surface area contributed by atoms with Crippen LogP contribution < -0.4 is 0 Å². The molecular weight excluding hydrogens is 381 g/mol. The molecule has 158 valence electrons. The van der Waals surface area contributed by atoms with E-state index in [-0.39, 0.29) is 37.4 Å². The zero-order valence-corrected chi connectivity index (χ0v) is 18.9. The summed E-state index contributed by atoms with van der Waals surface area (Å²) >= 11 is 0. The van der Waals surface area contributed by atoms with Crippen LogP contribution in [-0.2, 0) is 24.1 Å². The van der Waals surface area contributed by atoms with E-state index in [1.54, 1.807) is 20.8 Å². The molecule has 0 rings (SSSR count). The molecule has 8 nitrogen and oxygen atoms in total. The summed E-state index contributed by atoms with van der Waals surface area (Å²) in [6.45, 7) is 13.4. The van der Waals surface area contributed by atoms with E-state index in [1.807, 2.05) is 27.7 Å². The molecule has 0 unspecified atom stereocenters. The highest BCUT2D eigenvalue weighted by Gasteiger charge is 2.34. The normalized spacial score (nSPS) is 16.7. The van der Waals surface area contributed by atoms with E-state index in [9.17, 15) is 13.0 Å². The SMILES string of the molecule is C[C@H](O[C@H](COCCP(=O)(O)O)CN(C(C)(C)C)S(C)(=O)=O)C(C)(C)C. The topological polar surface area (TPSA) is 113 Å². The molecular formula is C16H36NO7PS. The van der Waals surface area contributed by atoms with Crippen molar-refractivity contribution >= 4 is 17.6 Å². The van der Waals surface area contributed by atoms with Gasteiger partial charge in [-0.3, -0.25) is 4.57 Å². The number of nitrogens with zero attached hydrogens (tertiary/aromatic N) is 1. The Labute approximate surface area is 158 Å². The molecule has 0 aliphatic rings. The van der Waals surface area contributed by atoms with E-state index in [0.717, 1.165) is 6.26 Å². The summed E-state index contributed by atoms with van der Waals surface area (Å²) < 4.78 is 48.1. The maximum absolute atomic E-state index is 12.2. The number of sulfonamides is 1. The minimum atomic E-state index is -4.13. The molecule has 0 aromatic heterocycles. The van der Waals surface area contributed by atoms with Gasteiger partial charge in [-0.2, -0.15) is 4.31 Å². The number of ether oxygens (including phenoxy) is 2. The lowest BCUT2D eigenvalue weighted by Crippen LogP contribution is -2.51. The van der Waals surface area contributed by atoms with Gasteiger partial charge < -0.3 is 19.3 Å². The Kier molecular flexibility index (Phi) is 9.45. The van der Waals surface area contributed by atoms with Gasteiger partial charge in [0, 0.05) is 12.1 Å². The van der Waals surface area contributed by atoms with Gasteiger partial charge in [0.2, 0.25) is 10.0 Å². The van der Waals surface area contributed by atoms with Crippen molar-refractivity contribution < 1.29 is 32.2 Å². The average molecular weight is 418 g/mol. The van der Waals surface area contributed by atoms with Crippen molar-refractivity contribution in [3.63, 3.8) is 0 Å². The fourth-order valence-corrected chi connectivity index (χ4v) is 3.92. The van der Waals surface area contributed by atoms with Crippen LogP contribution in [0, 0.1) is 5.41 Å². The van der Waals surface area contributed by atoms with E-state index in [1.165, 1.54) is 4.31 Å². The standard InChI is InChI=1S/C16H36NO7PS/c1-13(15(2,3)4)24-14(12-23-9-10-25(18,19)20)11-17(16(5,6)7)26(8,21)22/h13-14H,9-12H2,1-8H3,(H2,18,19,20)/t13-,14-/m0/s1. The van der Waals surface area contributed by atoms with Crippen molar-refractivity contribution in [3.8, 4) is 0 Å². The fourth-order valence-electron chi connectivity index (χ4n) is 2.12. The molecule has 0 fully saturated rings. The summed E-state index contributed by atoms with van der Waals surface area (Å²) in [6.07, 6.45) is 0.0370. The largest absolute Gasteiger partial charge is 0.378 e. The predicted octanol–water partition coefficient (Wildman–Crippen LogP) is 2.06. The van der Waals surface area contributed by atoms with Crippen LogP contribution in [0.3, 0.4) is 0 Å². The Morgan fingerprint density at radius 2 is 1.62 bits per heavy atom. The molecule has 0 heterocycles. The molecule has 2 atom stereocenters. The fraction of sp³-hybridized carbons (Fsp3) is 1.00. The highest BCUT2D eigenvalue weighted by molar-refractivity contribution is 7.88. The first-order valence-electron chi connectivity index (χ1n) is 8.59. The first kappa shape index (κ1) is 26.0. The van der Waals surface area contributed by atoms with Crippen molar-refractivity contribution in [1.29, 1.82) is 0 Å². The van der Waals surface area contributed by atoms with Gasteiger partial charge in [-0.25, -0.2) is 8.42 Å². The average Bonchev–Trinajstić information content (AvgIpc) is 2.35. The van der Waals surface area contributed by atoms with Crippen molar-refractivity contribution in [3.05, 3.63) is 0 Å². The highest BCUT2D eigenvalue weighted by Crippen LogP contribution is 2.33. The van der Waals surface area contributed by atoms with Crippen LogP contribution >= 0.6 is 7.60 Å². The first-order chi connectivity index (χ1) is 11.3. The molecule has 0 saturated carbocycles. The molecule has 0 spiro atoms. The van der Waals surface area contributed by atoms with Crippen molar-refractivity contribution in [2.75, 3.05) is 32.2 Å². The van der Waals surface area contributed by atoms with Crippen LogP contribution in [0.1, 0.15) is 48.5 Å². The Bertz CT molecular complexity index is 574. The van der Waals surface area contributed by atoms with Gasteiger partial charge in [0.1, 0.15) is 0 Å². The predicted molar refractivity (Wildman–Crippen MR) is 103 cm³/mol. The number of hydrogen-bond donors (Lipinski definition) is 2. The van der Waals surface area contributed by atoms with Gasteiger partial charge in [0.15, 0.2) is 0 Å². The Morgan fingerprint density at radius 3 is 1.96 bits per heavy atom. The summed E-state index contributed by atoms with van der Waals surface area (Å²) in [6, 6.07) is 0. The molecule has 26 heavy (non-hydrogen) atoms. The van der Waals surface area contributed by atoms with Gasteiger partial charge in [-0.1, -0.05) is 20.8 Å². The van der Waals surface area contributed by atoms with Gasteiger partial charge in [0.05, 0.1) is 37.8 Å². The minimum absolute atomic E-state index is 0.0442. The van der Waals surface area contributed by atoms with Gasteiger partial charge >= 0.3 is 7.60 Å². The maximum atomic E-state index is 12.2. The third-order valence-corrected chi connectivity index (χ3v) is 6.23. The molecule has 10 heteroatoms. The van der Waals surface area contributed by atoms with E-state index in [0.29, 0.717) is 0 Å². The minimum Gasteiger partial charge on any atom is -0.378 e. The summed E-state index contributed by atoms with van der Waals surface area (Å²) in [5, 5.41) is 0. The second kappa shape index (κ2) is 9.45. The lowest BCUT2D eigenvalue weighted by Gasteiger charge is -2.38. The van der Waals surface area contributed by atoms with Gasteiger partial charge in [0.25, 0.3) is 0 Å². The molecule has 0 radical (unpaired) electrons. The lowest BCUT2D eigenvalue weighted by molar-refractivity contribution is -0.0934. The smallest absolute Gasteiger partial charge is 0.327 e. The second-order valence-electron chi connectivity index (χ2n) is 8.69. The Morgan fingerprint density at radius 1 is 1.12 bits per heavy atom. The zero-order valence-electron chi connectivity index (χ0n) is 17.2. The molecule has 0 aromatic rings. The summed E-state index contributed by atoms with van der Waals surface area (Å²) in [5.41, 5.74) is -0.784. The van der Waals surface area contributed by atoms with Crippen LogP contribution in [0.4, 0.5) is 0 Å². The summed E-state index contributed by atoms with van der Waals surface area (Å²) in [4.78, 5) is 17.8. The monoisotopic (exact) mass is 417 g/mol.